The molecule has 0 spiro atoms. The molecule has 36 heavy (non-hydrogen) atoms. The van der Waals surface area contributed by atoms with E-state index in [0.717, 1.165) is 22.3 Å². The lowest BCUT2D eigenvalue weighted by atomic mass is 10.0. The molecule has 0 heterocycles. The molecule has 0 saturated carbocycles. The van der Waals surface area contributed by atoms with E-state index in [1.165, 1.54) is 23.9 Å². The summed E-state index contributed by atoms with van der Waals surface area (Å²) in [6, 6.07) is 23.3. The minimum absolute atomic E-state index is 0.0370. The number of likely N-dealkylation sites (N-methyl/N-ethyl adjacent to an activating group) is 1. The summed E-state index contributed by atoms with van der Waals surface area (Å²) < 4.78 is 0. The third kappa shape index (κ3) is 7.68. The Morgan fingerprint density at radius 2 is 1.64 bits per heavy atom. The molecule has 188 valence electrons. The molecule has 3 aromatic rings. The third-order valence-corrected chi connectivity index (χ3v) is 6.85. The number of rotatable bonds is 12. The van der Waals surface area contributed by atoms with Crippen LogP contribution in [0.15, 0.2) is 78.9 Å². The van der Waals surface area contributed by atoms with Crippen LogP contribution in [-0.4, -0.2) is 40.0 Å². The molecule has 0 bridgehead atoms. The monoisotopic (exact) mass is 505 g/mol. The van der Waals surface area contributed by atoms with Crippen LogP contribution in [0.3, 0.4) is 0 Å². The van der Waals surface area contributed by atoms with Crippen LogP contribution in [0.5, 0.6) is 0 Å². The van der Waals surface area contributed by atoms with Gasteiger partial charge in [-0.15, -0.1) is 11.8 Å². The SMILES string of the molecule is CCNC(=O)[C@@H](Cc1ccccc1)N(Cc1ccccc1C)C(=O)CSCc1ccc([N+](=O)[O-])cc1. The minimum atomic E-state index is -0.653. The summed E-state index contributed by atoms with van der Waals surface area (Å²) in [5, 5.41) is 13.8. The molecule has 0 aromatic heterocycles. The van der Waals surface area contributed by atoms with E-state index in [1.807, 2.05) is 68.4 Å². The molecule has 8 heteroatoms. The highest BCUT2D eigenvalue weighted by atomic mass is 32.2. The molecule has 1 N–H and O–H groups in total. The first-order valence-corrected chi connectivity index (χ1v) is 13.0. The van der Waals surface area contributed by atoms with Gasteiger partial charge >= 0.3 is 0 Å². The second-order valence-electron chi connectivity index (χ2n) is 8.46. The molecule has 0 aliphatic carbocycles. The molecular formula is C28H31N3O4S. The summed E-state index contributed by atoms with van der Waals surface area (Å²) in [7, 11) is 0. The number of hydrogen-bond acceptors (Lipinski definition) is 5. The number of carbonyl (C=O) groups is 2. The Kier molecular flexibility index (Phi) is 10.1. The van der Waals surface area contributed by atoms with Crippen molar-refractivity contribution in [1.29, 1.82) is 0 Å². The van der Waals surface area contributed by atoms with E-state index in [1.54, 1.807) is 17.0 Å². The van der Waals surface area contributed by atoms with Crippen LogP contribution in [0.1, 0.15) is 29.2 Å². The molecule has 0 saturated heterocycles. The lowest BCUT2D eigenvalue weighted by molar-refractivity contribution is -0.384. The first kappa shape index (κ1) is 26.9. The van der Waals surface area contributed by atoms with Crippen LogP contribution in [-0.2, 0) is 28.3 Å². The van der Waals surface area contributed by atoms with E-state index in [2.05, 4.69) is 5.32 Å². The van der Waals surface area contributed by atoms with E-state index >= 15 is 0 Å². The van der Waals surface area contributed by atoms with E-state index in [0.29, 0.717) is 25.3 Å². The molecule has 0 aliphatic heterocycles. The Bertz CT molecular complexity index is 1170. The maximum absolute atomic E-state index is 13.6. The van der Waals surface area contributed by atoms with Gasteiger partial charge in [0.15, 0.2) is 0 Å². The number of non-ortho nitro benzene ring substituents is 1. The fourth-order valence-corrected chi connectivity index (χ4v) is 4.74. The number of aryl methyl sites for hydroxylation is 1. The lowest BCUT2D eigenvalue weighted by Crippen LogP contribution is -2.51. The van der Waals surface area contributed by atoms with Crippen molar-refractivity contribution in [3.63, 3.8) is 0 Å². The maximum Gasteiger partial charge on any atom is 0.269 e. The molecule has 0 radical (unpaired) electrons. The largest absolute Gasteiger partial charge is 0.355 e. The van der Waals surface area contributed by atoms with Crippen LogP contribution in [0.2, 0.25) is 0 Å². The van der Waals surface area contributed by atoms with Gasteiger partial charge in [0.05, 0.1) is 10.7 Å². The fourth-order valence-electron chi connectivity index (χ4n) is 3.87. The highest BCUT2D eigenvalue weighted by molar-refractivity contribution is 7.99. The molecule has 2 amide bonds. The number of nitro benzene ring substituents is 1. The number of thioether (sulfide) groups is 1. The lowest BCUT2D eigenvalue weighted by Gasteiger charge is -2.32. The number of nitro groups is 1. The van der Waals surface area contributed by atoms with Crippen molar-refractivity contribution in [3.05, 3.63) is 111 Å². The van der Waals surface area contributed by atoms with Gasteiger partial charge in [-0.1, -0.05) is 66.7 Å². The summed E-state index contributed by atoms with van der Waals surface area (Å²) in [6.45, 7) is 4.67. The molecule has 7 nitrogen and oxygen atoms in total. The van der Waals surface area contributed by atoms with E-state index in [4.69, 9.17) is 0 Å². The van der Waals surface area contributed by atoms with E-state index < -0.39 is 11.0 Å². The second kappa shape index (κ2) is 13.4. The third-order valence-electron chi connectivity index (χ3n) is 5.87. The molecule has 0 unspecified atom stereocenters. The van der Waals surface area contributed by atoms with Crippen molar-refractivity contribution in [2.75, 3.05) is 12.3 Å². The van der Waals surface area contributed by atoms with Gasteiger partial charge in [-0.2, -0.15) is 0 Å². The maximum atomic E-state index is 13.6. The van der Waals surface area contributed by atoms with Crippen molar-refractivity contribution in [2.24, 2.45) is 0 Å². The number of benzene rings is 3. The Morgan fingerprint density at radius 3 is 2.28 bits per heavy atom. The van der Waals surface area contributed by atoms with Crippen molar-refractivity contribution in [2.45, 2.75) is 38.6 Å². The van der Waals surface area contributed by atoms with Crippen LogP contribution in [0.4, 0.5) is 5.69 Å². The summed E-state index contributed by atoms with van der Waals surface area (Å²) in [4.78, 5) is 38.9. The molecule has 3 aromatic carbocycles. The quantitative estimate of drug-likeness (QED) is 0.279. The number of hydrogen-bond donors (Lipinski definition) is 1. The zero-order valence-electron chi connectivity index (χ0n) is 20.6. The molecule has 3 rings (SSSR count). The summed E-state index contributed by atoms with van der Waals surface area (Å²) >= 11 is 1.43. The fraction of sp³-hybridized carbons (Fsp3) is 0.286. The normalized spacial score (nSPS) is 11.5. The highest BCUT2D eigenvalue weighted by Crippen LogP contribution is 2.21. The van der Waals surface area contributed by atoms with Crippen molar-refractivity contribution < 1.29 is 14.5 Å². The molecular weight excluding hydrogens is 474 g/mol. The summed E-state index contributed by atoms with van der Waals surface area (Å²) in [5.41, 5.74) is 3.97. The van der Waals surface area contributed by atoms with Crippen molar-refractivity contribution in [3.8, 4) is 0 Å². The Labute approximate surface area is 216 Å². The van der Waals surface area contributed by atoms with Gasteiger partial charge in [0, 0.05) is 37.4 Å². The topological polar surface area (TPSA) is 92.6 Å². The molecule has 0 aliphatic rings. The summed E-state index contributed by atoms with van der Waals surface area (Å²) in [5.74, 6) is 0.418. The summed E-state index contributed by atoms with van der Waals surface area (Å²) in [6.07, 6.45) is 0.414. The smallest absolute Gasteiger partial charge is 0.269 e. The number of nitrogens with zero attached hydrogens (tertiary/aromatic N) is 2. The number of amides is 2. The van der Waals surface area contributed by atoms with Gasteiger partial charge in [0.2, 0.25) is 11.8 Å². The molecule has 1 atom stereocenters. The zero-order chi connectivity index (χ0) is 25.9. The Morgan fingerprint density at radius 1 is 0.972 bits per heavy atom. The number of nitrogens with one attached hydrogen (secondary N) is 1. The first-order chi connectivity index (χ1) is 17.4. The second-order valence-corrected chi connectivity index (χ2v) is 9.45. The average molecular weight is 506 g/mol. The van der Waals surface area contributed by atoms with Gasteiger partial charge in [-0.05, 0) is 36.1 Å². The minimum Gasteiger partial charge on any atom is -0.355 e. The van der Waals surface area contributed by atoms with Crippen molar-refractivity contribution in [1.82, 2.24) is 10.2 Å². The van der Waals surface area contributed by atoms with Gasteiger partial charge in [0.1, 0.15) is 6.04 Å². The van der Waals surface area contributed by atoms with E-state index in [9.17, 15) is 19.7 Å². The first-order valence-electron chi connectivity index (χ1n) is 11.9. The van der Waals surface area contributed by atoms with Gasteiger partial charge < -0.3 is 10.2 Å². The van der Waals surface area contributed by atoms with Gasteiger partial charge in [0.25, 0.3) is 5.69 Å². The predicted octanol–water partition coefficient (Wildman–Crippen LogP) is 4.91. The Balaban J connectivity index is 1.80. The standard InChI is InChI=1S/C28H31N3O4S/c1-3-29-28(33)26(17-22-10-5-4-6-11-22)30(18-24-12-8-7-9-21(24)2)27(32)20-36-19-23-13-15-25(16-14-23)31(34)35/h4-16,26H,3,17-20H2,1-2H3,(H,29,33)/t26-/m1/s1. The van der Waals surface area contributed by atoms with Crippen LogP contribution in [0.25, 0.3) is 0 Å². The zero-order valence-corrected chi connectivity index (χ0v) is 21.4. The predicted molar refractivity (Wildman–Crippen MR) is 144 cm³/mol. The van der Waals surface area contributed by atoms with Crippen LogP contribution in [0, 0.1) is 17.0 Å². The van der Waals surface area contributed by atoms with Crippen LogP contribution < -0.4 is 5.32 Å². The average Bonchev–Trinajstić information content (AvgIpc) is 2.88. The van der Waals surface area contributed by atoms with E-state index in [-0.39, 0.29) is 23.3 Å². The van der Waals surface area contributed by atoms with Crippen LogP contribution >= 0.6 is 11.8 Å². The van der Waals surface area contributed by atoms with Crippen molar-refractivity contribution >= 4 is 29.3 Å². The molecule has 0 fully saturated rings. The number of carbonyl (C=O) groups excluding carboxylic acids is 2. The van der Waals surface area contributed by atoms with Gasteiger partial charge in [-0.3, -0.25) is 19.7 Å². The Hall–Kier alpha value is -3.65. The highest BCUT2D eigenvalue weighted by Gasteiger charge is 2.30. The van der Waals surface area contributed by atoms with Gasteiger partial charge in [-0.25, -0.2) is 0 Å².